The van der Waals surface area contributed by atoms with Crippen LogP contribution in [0.25, 0.3) is 0 Å². The van der Waals surface area contributed by atoms with E-state index in [9.17, 15) is 9.18 Å². The normalized spacial score (nSPS) is 17.4. The van der Waals surface area contributed by atoms with Crippen molar-refractivity contribution in [3.63, 3.8) is 0 Å². The van der Waals surface area contributed by atoms with E-state index in [-0.39, 0.29) is 11.6 Å². The summed E-state index contributed by atoms with van der Waals surface area (Å²) in [4.78, 5) is 17.6. The number of halogens is 2. The lowest BCUT2D eigenvalue weighted by Crippen LogP contribution is -2.15. The van der Waals surface area contributed by atoms with Crippen molar-refractivity contribution in [3.05, 3.63) is 89.1 Å². The molecule has 1 atom stereocenters. The van der Waals surface area contributed by atoms with Crippen molar-refractivity contribution in [2.24, 2.45) is 4.99 Å². The number of allylic oxidation sites excluding steroid dienone is 7. The van der Waals surface area contributed by atoms with E-state index in [1.807, 2.05) is 12.2 Å². The molecule has 0 saturated heterocycles. The highest BCUT2D eigenvalue weighted by Crippen LogP contribution is 2.31. The van der Waals surface area contributed by atoms with Crippen molar-refractivity contribution in [1.29, 1.82) is 0 Å². The summed E-state index contributed by atoms with van der Waals surface area (Å²) in [5.74, 6) is -0.742. The van der Waals surface area contributed by atoms with Crippen LogP contribution in [0.1, 0.15) is 30.7 Å². The fourth-order valence-electron chi connectivity index (χ4n) is 2.82. The zero-order chi connectivity index (χ0) is 17.6. The van der Waals surface area contributed by atoms with E-state index >= 15 is 0 Å². The zero-order valence-electron chi connectivity index (χ0n) is 13.6. The van der Waals surface area contributed by atoms with Crippen molar-refractivity contribution in [2.75, 3.05) is 0 Å². The van der Waals surface area contributed by atoms with E-state index in [0.29, 0.717) is 12.0 Å². The fourth-order valence-corrected chi connectivity index (χ4v) is 3.28. The summed E-state index contributed by atoms with van der Waals surface area (Å²) >= 11 is 3.44. The van der Waals surface area contributed by atoms with Crippen LogP contribution in [0, 0.1) is 5.82 Å². The molecule has 2 nitrogen and oxygen atoms in total. The Labute approximate surface area is 155 Å². The highest BCUT2D eigenvalue weighted by Gasteiger charge is 2.25. The Bertz CT molecular complexity index is 852. The van der Waals surface area contributed by atoms with Gasteiger partial charge in [-0.2, -0.15) is 0 Å². The molecule has 1 aliphatic heterocycles. The number of carbonyl (C=O) groups excluding carboxylic acids is 1. The maximum absolute atomic E-state index is 13.3. The molecule has 25 heavy (non-hydrogen) atoms. The van der Waals surface area contributed by atoms with Crippen LogP contribution in [0.15, 0.2) is 82.7 Å². The first kappa shape index (κ1) is 17.5. The van der Waals surface area contributed by atoms with Crippen molar-refractivity contribution in [3.8, 4) is 0 Å². The van der Waals surface area contributed by atoms with Crippen LogP contribution >= 0.6 is 15.9 Å². The van der Waals surface area contributed by atoms with Gasteiger partial charge >= 0.3 is 0 Å². The second-order valence-electron chi connectivity index (χ2n) is 5.88. The molecule has 0 radical (unpaired) electrons. The number of benzene rings is 1. The molecule has 0 N–H and O–H groups in total. The first-order valence-corrected chi connectivity index (χ1v) is 8.94. The van der Waals surface area contributed by atoms with Crippen LogP contribution < -0.4 is 0 Å². The van der Waals surface area contributed by atoms with E-state index in [1.54, 1.807) is 30.4 Å². The van der Waals surface area contributed by atoms with Crippen molar-refractivity contribution >= 4 is 26.3 Å². The summed E-state index contributed by atoms with van der Waals surface area (Å²) in [6.07, 6.45) is 13.2. The van der Waals surface area contributed by atoms with Gasteiger partial charge in [-0.05, 0) is 58.6 Å². The second-order valence-corrected chi connectivity index (χ2v) is 6.79. The van der Waals surface area contributed by atoms with E-state index in [0.717, 1.165) is 28.7 Å². The summed E-state index contributed by atoms with van der Waals surface area (Å²) in [5, 5.41) is 0. The first-order valence-electron chi connectivity index (χ1n) is 8.14. The van der Waals surface area contributed by atoms with Crippen LogP contribution in [-0.2, 0) is 4.79 Å². The minimum absolute atomic E-state index is 0.0168. The molecule has 1 aromatic carbocycles. The van der Waals surface area contributed by atoms with Crippen LogP contribution in [-0.4, -0.2) is 10.4 Å². The van der Waals surface area contributed by atoms with Gasteiger partial charge in [0.1, 0.15) is 5.82 Å². The Morgan fingerprint density at radius 2 is 2.08 bits per heavy atom. The molecular formula is C21H17BrFNO. The monoisotopic (exact) mass is 397 g/mol. The van der Waals surface area contributed by atoms with Crippen molar-refractivity contribution in [1.82, 2.24) is 0 Å². The molecule has 2 aliphatic rings. The maximum Gasteiger partial charge on any atom is 0.171 e. The number of hydrogen-bond acceptors (Lipinski definition) is 2. The van der Waals surface area contributed by atoms with Crippen molar-refractivity contribution in [2.45, 2.75) is 25.2 Å². The molecule has 126 valence electrons. The number of rotatable bonds is 5. The third kappa shape index (κ3) is 4.62. The van der Waals surface area contributed by atoms with E-state index in [2.05, 4.69) is 32.7 Å². The molecule has 1 heterocycles. The molecule has 0 amide bonds. The number of Topliss-reactive ketones (excluding diaryl/α,β-unsaturated/α-hetero) is 1. The molecule has 1 unspecified atom stereocenters. The smallest absolute Gasteiger partial charge is 0.171 e. The zero-order valence-corrected chi connectivity index (χ0v) is 15.2. The van der Waals surface area contributed by atoms with Crippen LogP contribution in [0.5, 0.6) is 0 Å². The van der Waals surface area contributed by atoms with Gasteiger partial charge in [0.2, 0.25) is 0 Å². The summed E-state index contributed by atoms with van der Waals surface area (Å²) in [7, 11) is 0. The standard InChI is InChI=1S/C21H17BrFNO/c22-20-9-5-8-18(24-20)14-19(15-10-12-17(23)13-11-15)21(25)16-6-3-1-2-4-7-16/h1-3,6-8,10-13,19H,5,9,14H2. The van der Waals surface area contributed by atoms with Crippen molar-refractivity contribution < 1.29 is 9.18 Å². The summed E-state index contributed by atoms with van der Waals surface area (Å²) in [6.45, 7) is 0. The van der Waals surface area contributed by atoms with Gasteiger partial charge in [-0.15, -0.1) is 5.73 Å². The highest BCUT2D eigenvalue weighted by molar-refractivity contribution is 9.18. The van der Waals surface area contributed by atoms with E-state index in [4.69, 9.17) is 0 Å². The minimum atomic E-state index is -0.412. The third-order valence-corrected chi connectivity index (χ3v) is 4.67. The SMILES string of the molecule is O=C(C1=CC=CC=C=C1)C(CC1=CCCC(Br)=N1)c1ccc(F)cc1. The number of aliphatic imine (C=N–C) groups is 1. The number of carbonyl (C=O) groups is 1. The lowest BCUT2D eigenvalue weighted by molar-refractivity contribution is -0.116. The van der Waals surface area contributed by atoms with E-state index < -0.39 is 5.92 Å². The first-order chi connectivity index (χ1) is 12.1. The lowest BCUT2D eigenvalue weighted by atomic mass is 9.86. The Kier molecular flexibility index (Phi) is 5.75. The summed E-state index contributed by atoms with van der Waals surface area (Å²) in [6, 6.07) is 6.13. The van der Waals surface area contributed by atoms with Gasteiger partial charge in [-0.1, -0.05) is 36.4 Å². The average Bonchev–Trinajstić information content (AvgIpc) is 2.89. The summed E-state index contributed by atoms with van der Waals surface area (Å²) < 4.78 is 14.2. The number of ketones is 1. The lowest BCUT2D eigenvalue weighted by Gasteiger charge is -2.19. The largest absolute Gasteiger partial charge is 0.293 e. The van der Waals surface area contributed by atoms with Gasteiger partial charge in [0.05, 0.1) is 10.5 Å². The van der Waals surface area contributed by atoms with Gasteiger partial charge < -0.3 is 0 Å². The second kappa shape index (κ2) is 8.19. The van der Waals surface area contributed by atoms with Crippen LogP contribution in [0.3, 0.4) is 0 Å². The number of nitrogens with zero attached hydrogens (tertiary/aromatic N) is 1. The molecule has 4 heteroatoms. The Morgan fingerprint density at radius 3 is 2.84 bits per heavy atom. The predicted octanol–water partition coefficient (Wildman–Crippen LogP) is 5.55. The van der Waals surface area contributed by atoms with Gasteiger partial charge in [-0.3, -0.25) is 9.79 Å². The maximum atomic E-state index is 13.3. The van der Waals surface area contributed by atoms with Crippen LogP contribution in [0.2, 0.25) is 0 Å². The minimum Gasteiger partial charge on any atom is -0.293 e. The molecule has 0 aromatic heterocycles. The van der Waals surface area contributed by atoms with Gasteiger partial charge in [0.15, 0.2) is 5.78 Å². The van der Waals surface area contributed by atoms with Gasteiger partial charge in [-0.25, -0.2) is 4.39 Å². The average molecular weight is 398 g/mol. The van der Waals surface area contributed by atoms with Crippen LogP contribution in [0.4, 0.5) is 4.39 Å². The van der Waals surface area contributed by atoms with Gasteiger partial charge in [0, 0.05) is 17.7 Å². The molecule has 1 aliphatic carbocycles. The molecule has 3 rings (SSSR count). The predicted molar refractivity (Wildman–Crippen MR) is 102 cm³/mol. The molecule has 0 fully saturated rings. The molecule has 0 bridgehead atoms. The molecule has 1 aromatic rings. The number of hydrogen-bond donors (Lipinski definition) is 0. The van der Waals surface area contributed by atoms with Gasteiger partial charge in [0.25, 0.3) is 0 Å². The highest BCUT2D eigenvalue weighted by atomic mass is 79.9. The summed E-state index contributed by atoms with van der Waals surface area (Å²) in [5.41, 5.74) is 5.22. The molecular weight excluding hydrogens is 381 g/mol. The fraction of sp³-hybridized carbons (Fsp3) is 0.190. The Balaban J connectivity index is 1.94. The Hall–Kier alpha value is -2.29. The van der Waals surface area contributed by atoms with E-state index in [1.165, 1.54) is 12.1 Å². The molecule has 0 spiro atoms. The molecule has 0 saturated carbocycles. The topological polar surface area (TPSA) is 29.4 Å². The Morgan fingerprint density at radius 1 is 1.28 bits per heavy atom. The quantitative estimate of drug-likeness (QED) is 0.599. The third-order valence-electron chi connectivity index (χ3n) is 4.10.